The molecule has 0 fully saturated rings. The van der Waals surface area contributed by atoms with E-state index in [1.807, 2.05) is 53.7 Å². The second kappa shape index (κ2) is 31.1. The van der Waals surface area contributed by atoms with Crippen LogP contribution in [0.4, 0.5) is 5.69 Å². The van der Waals surface area contributed by atoms with Crippen molar-refractivity contribution in [2.24, 2.45) is 0 Å². The summed E-state index contributed by atoms with van der Waals surface area (Å²) in [5.74, 6) is 0. The predicted octanol–water partition coefficient (Wildman–Crippen LogP) is 8.98. The van der Waals surface area contributed by atoms with Crippen molar-refractivity contribution < 1.29 is 0 Å². The van der Waals surface area contributed by atoms with Gasteiger partial charge in [-0.25, -0.2) is 0 Å². The number of hydrogen-bond donors (Lipinski definition) is 1. The van der Waals surface area contributed by atoms with Crippen LogP contribution >= 0.6 is 0 Å². The topological polar surface area (TPSA) is 12.0 Å². The minimum absolute atomic E-state index is 1.04. The highest BCUT2D eigenvalue weighted by molar-refractivity contribution is 5.49. The van der Waals surface area contributed by atoms with Gasteiger partial charge in [0.25, 0.3) is 0 Å². The Balaban J connectivity index is -0.000000151. The van der Waals surface area contributed by atoms with Gasteiger partial charge in [-0.2, -0.15) is 0 Å². The maximum atomic E-state index is 3.63. The van der Waals surface area contributed by atoms with E-state index >= 15 is 0 Å². The number of hydrogen-bond acceptors (Lipinski definition) is 1. The quantitative estimate of drug-likeness (QED) is 0.377. The lowest BCUT2D eigenvalue weighted by Gasteiger charge is -2.07. The molecule has 0 heterocycles. The average Bonchev–Trinajstić information content (AvgIpc) is 2.73. The lowest BCUT2D eigenvalue weighted by atomic mass is 10.2. The first-order valence-electron chi connectivity index (χ1n) is 10.4. The first-order valence-corrected chi connectivity index (χ1v) is 10.4. The summed E-state index contributed by atoms with van der Waals surface area (Å²) < 4.78 is 0. The summed E-state index contributed by atoms with van der Waals surface area (Å²) in [6.45, 7) is 26.7. The normalized spacial score (nSPS) is 8.58. The molecular weight excluding hydrogens is 314 g/mol. The molecule has 1 aromatic carbocycles. The summed E-state index contributed by atoms with van der Waals surface area (Å²) in [5.41, 5.74) is 3.83. The molecule has 26 heavy (non-hydrogen) atoms. The monoisotopic (exact) mass is 361 g/mol. The summed E-state index contributed by atoms with van der Waals surface area (Å²) >= 11 is 0. The molecule has 152 valence electrons. The average molecular weight is 362 g/mol. The number of para-hydroxylation sites is 1. The lowest BCUT2D eigenvalue weighted by molar-refractivity contribution is 0.833. The van der Waals surface area contributed by atoms with Crippen LogP contribution in [-0.4, -0.2) is 6.54 Å². The van der Waals surface area contributed by atoms with Crippen molar-refractivity contribution in [2.45, 2.75) is 81.6 Å². The Bertz CT molecular complexity index is 416. The van der Waals surface area contributed by atoms with Crippen LogP contribution in [0, 0.1) is 6.92 Å². The van der Waals surface area contributed by atoms with E-state index in [9.17, 15) is 0 Å². The molecule has 0 atom stereocenters. The highest BCUT2D eigenvalue weighted by Gasteiger charge is 1.93. The number of nitrogens with one attached hydrogen (secondary N) is 1. The summed E-state index contributed by atoms with van der Waals surface area (Å²) in [7, 11) is 0. The third-order valence-electron chi connectivity index (χ3n) is 2.99. The van der Waals surface area contributed by atoms with Gasteiger partial charge >= 0.3 is 0 Å². The summed E-state index contributed by atoms with van der Waals surface area (Å²) in [4.78, 5) is 0. The molecule has 0 saturated carbocycles. The lowest BCUT2D eigenvalue weighted by Crippen LogP contribution is -2.01. The van der Waals surface area contributed by atoms with E-state index in [0.29, 0.717) is 0 Å². The molecule has 1 N–H and O–H groups in total. The molecule has 0 aliphatic carbocycles. The van der Waals surface area contributed by atoms with Crippen LogP contribution in [0.2, 0.25) is 0 Å². The Morgan fingerprint density at radius 1 is 0.962 bits per heavy atom. The number of rotatable bonds is 7. The van der Waals surface area contributed by atoms with E-state index in [2.05, 4.69) is 63.5 Å². The van der Waals surface area contributed by atoms with Crippen LogP contribution in [0.25, 0.3) is 0 Å². The number of allylic oxidation sites excluding steroid dienone is 4. The number of benzene rings is 1. The molecule has 0 aromatic heterocycles. The molecule has 1 nitrogen and oxygen atoms in total. The molecule has 0 aliphatic rings. The summed E-state index contributed by atoms with van der Waals surface area (Å²) in [6, 6.07) is 8.40. The van der Waals surface area contributed by atoms with Crippen LogP contribution in [0.1, 0.15) is 80.2 Å². The van der Waals surface area contributed by atoms with Crippen LogP contribution < -0.4 is 5.32 Å². The molecule has 1 aromatic rings. The number of unbranched alkanes of at least 4 members (excludes halogenated alkanes) is 1. The largest absolute Gasteiger partial charge is 0.385 e. The molecule has 0 radical (unpaired) electrons. The van der Waals surface area contributed by atoms with Gasteiger partial charge in [-0.3, -0.25) is 0 Å². The van der Waals surface area contributed by atoms with Gasteiger partial charge in [0.1, 0.15) is 0 Å². The summed E-state index contributed by atoms with van der Waals surface area (Å²) in [6.07, 6.45) is 9.12. The standard InChI is InChI=1S/C11H17N.C8H12.3C2H6/c1-3-4-9-12-11-8-6-5-7-10(11)2;1-4-7-8(5-2)6-3;3*1-2/h5-8,12H,3-4,9H2,1-2H3;4-5,7H,1-2,6H2,3H3;3*1-2H3/b;8-7+;;;. The van der Waals surface area contributed by atoms with Gasteiger partial charge in [0.15, 0.2) is 0 Å². The summed E-state index contributed by atoms with van der Waals surface area (Å²) in [5, 5.41) is 3.41. The Labute approximate surface area is 166 Å². The van der Waals surface area contributed by atoms with E-state index in [1.165, 1.54) is 29.7 Å². The smallest absolute Gasteiger partial charge is 0.0369 e. The van der Waals surface area contributed by atoms with E-state index < -0.39 is 0 Å². The molecule has 0 unspecified atom stereocenters. The van der Waals surface area contributed by atoms with Gasteiger partial charge in [0.05, 0.1) is 0 Å². The van der Waals surface area contributed by atoms with Crippen LogP contribution in [0.5, 0.6) is 0 Å². The molecule has 0 spiro atoms. The van der Waals surface area contributed by atoms with E-state index in [0.717, 1.165) is 13.0 Å². The maximum absolute atomic E-state index is 3.63. The van der Waals surface area contributed by atoms with Gasteiger partial charge in [0.2, 0.25) is 0 Å². The van der Waals surface area contributed by atoms with Gasteiger partial charge in [-0.1, -0.05) is 111 Å². The van der Waals surface area contributed by atoms with Gasteiger partial charge in [-0.15, -0.1) is 0 Å². The highest BCUT2D eigenvalue weighted by Crippen LogP contribution is 2.12. The van der Waals surface area contributed by atoms with Gasteiger partial charge in [0, 0.05) is 12.2 Å². The van der Waals surface area contributed by atoms with Gasteiger partial charge < -0.3 is 5.32 Å². The van der Waals surface area contributed by atoms with E-state index in [-0.39, 0.29) is 0 Å². The van der Waals surface area contributed by atoms with Crippen molar-refractivity contribution >= 4 is 5.69 Å². The second-order valence-electron chi connectivity index (χ2n) is 4.63. The number of anilines is 1. The fourth-order valence-electron chi connectivity index (χ4n) is 1.65. The SMILES string of the molecule is C=C/C=C(\C=C)CC.CC.CC.CC.CCCCNc1ccccc1C. The Morgan fingerprint density at radius 3 is 1.85 bits per heavy atom. The van der Waals surface area contributed by atoms with E-state index in [4.69, 9.17) is 0 Å². The molecule has 0 bridgehead atoms. The Morgan fingerprint density at radius 2 is 1.50 bits per heavy atom. The highest BCUT2D eigenvalue weighted by atomic mass is 14.9. The third kappa shape index (κ3) is 22.2. The Hall–Kier alpha value is -1.76. The zero-order chi connectivity index (χ0) is 21.2. The van der Waals surface area contributed by atoms with Crippen molar-refractivity contribution in [3.63, 3.8) is 0 Å². The molecule has 0 aliphatic heterocycles. The fourth-order valence-corrected chi connectivity index (χ4v) is 1.65. The minimum Gasteiger partial charge on any atom is -0.385 e. The Kier molecular flexibility index (Phi) is 38.2. The molecule has 1 rings (SSSR count). The van der Waals surface area contributed by atoms with Gasteiger partial charge in [-0.05, 0) is 37.0 Å². The minimum atomic E-state index is 1.04. The van der Waals surface area contributed by atoms with Crippen LogP contribution in [0.15, 0.2) is 61.2 Å². The molecule has 0 saturated heterocycles. The predicted molar refractivity (Wildman–Crippen MR) is 127 cm³/mol. The zero-order valence-electron chi connectivity index (χ0n) is 19.3. The molecular formula is C25H47N. The van der Waals surface area contributed by atoms with E-state index in [1.54, 1.807) is 6.08 Å². The first kappa shape index (κ1) is 32.0. The third-order valence-corrected chi connectivity index (χ3v) is 2.99. The number of aryl methyl sites for hydroxylation is 1. The van der Waals surface area contributed by atoms with Crippen LogP contribution in [0.3, 0.4) is 0 Å². The maximum Gasteiger partial charge on any atom is 0.0369 e. The first-order chi connectivity index (χ1) is 12.7. The van der Waals surface area contributed by atoms with Crippen molar-refractivity contribution in [3.8, 4) is 0 Å². The second-order valence-corrected chi connectivity index (χ2v) is 4.63. The zero-order valence-corrected chi connectivity index (χ0v) is 19.3. The fraction of sp³-hybridized carbons (Fsp3) is 0.520. The van der Waals surface area contributed by atoms with Crippen molar-refractivity contribution in [3.05, 3.63) is 66.8 Å². The molecule has 0 amide bonds. The molecule has 1 heteroatoms. The van der Waals surface area contributed by atoms with Crippen molar-refractivity contribution in [1.29, 1.82) is 0 Å². The van der Waals surface area contributed by atoms with Crippen molar-refractivity contribution in [1.82, 2.24) is 0 Å². The van der Waals surface area contributed by atoms with Crippen molar-refractivity contribution in [2.75, 3.05) is 11.9 Å². The van der Waals surface area contributed by atoms with Crippen LogP contribution in [-0.2, 0) is 0 Å².